The molecule has 0 bridgehead atoms. The number of carboxylic acids is 6. The third kappa shape index (κ3) is 41.3. The van der Waals surface area contributed by atoms with Crippen molar-refractivity contribution in [3.05, 3.63) is 23.0 Å². The molecule has 9 rings (SSSR count). The first-order chi connectivity index (χ1) is 60.2. The molecule has 0 amide bonds. The predicted molar refractivity (Wildman–Crippen MR) is 480 cm³/mol. The van der Waals surface area contributed by atoms with Crippen LogP contribution in [0.4, 0.5) is 0 Å². The van der Waals surface area contributed by atoms with Crippen LogP contribution in [0.15, 0.2) is 17.4 Å². The zero-order valence-electron chi connectivity index (χ0n) is 75.6. The highest BCUT2D eigenvalue weighted by Gasteiger charge is 2.49. The quantitative estimate of drug-likeness (QED) is 0.0275. The number of nitrogens with one attached hydrogen (secondary N) is 1. The zero-order chi connectivity index (χ0) is 97.9. The Morgan fingerprint density at radius 1 is 0.426 bits per heavy atom. The minimum absolute atomic E-state index is 0.0225. The summed E-state index contributed by atoms with van der Waals surface area (Å²) in [5, 5.41) is 169. The number of hydrogen-bond donors (Lipinski definition) is 28. The second-order valence-electron chi connectivity index (χ2n) is 34.8. The van der Waals surface area contributed by atoms with Crippen molar-refractivity contribution in [3.63, 3.8) is 0 Å². The molecule has 2 aromatic rings. The fourth-order valence-electron chi connectivity index (χ4n) is 15.0. The van der Waals surface area contributed by atoms with Crippen molar-refractivity contribution < 1.29 is 154 Å². The minimum atomic E-state index is -1.22. The Hall–Kier alpha value is -4.90. The first-order valence-electron chi connectivity index (χ1n) is 43.7. The summed E-state index contributed by atoms with van der Waals surface area (Å²) in [7, 11) is -0.127. The van der Waals surface area contributed by atoms with Crippen LogP contribution in [0.2, 0.25) is 0 Å². The maximum absolute atomic E-state index is 11.8. The lowest BCUT2D eigenvalue weighted by molar-refractivity contribution is -0.139. The number of hydrogen-bond acceptors (Lipinski definition) is 37. The van der Waals surface area contributed by atoms with Gasteiger partial charge in [0, 0.05) is 56.7 Å². The number of H-pyrrole nitrogens is 1. The highest BCUT2D eigenvalue weighted by Crippen LogP contribution is 2.34. The van der Waals surface area contributed by atoms with E-state index in [1.807, 2.05) is 27.0 Å². The molecule has 0 aromatic carbocycles. The fourth-order valence-corrected chi connectivity index (χ4v) is 20.0. The summed E-state index contributed by atoms with van der Waals surface area (Å²) in [6.45, 7) is 13.3. The highest BCUT2D eigenvalue weighted by molar-refractivity contribution is 7.96. The number of aliphatic hydroxyl groups excluding tert-OH is 12. The van der Waals surface area contributed by atoms with Gasteiger partial charge in [-0.15, -0.1) is 0 Å². The second-order valence-corrected chi connectivity index (χ2v) is 41.8. The summed E-state index contributed by atoms with van der Waals surface area (Å²) >= 11 is 0. The van der Waals surface area contributed by atoms with Gasteiger partial charge >= 0.3 is 35.8 Å². The molecule has 0 radical (unpaired) electrons. The summed E-state index contributed by atoms with van der Waals surface area (Å²) in [6.07, 6.45) is 3.22. The van der Waals surface area contributed by atoms with Crippen molar-refractivity contribution in [3.8, 4) is 0 Å². The molecule has 0 aliphatic carbocycles. The number of fused-ring (bicyclic) bond motifs is 1. The largest absolute Gasteiger partial charge is 0.481 e. The summed E-state index contributed by atoms with van der Waals surface area (Å²) in [4.78, 5) is 85.6. The maximum Gasteiger partial charge on any atom is 0.320 e. The Labute approximate surface area is 760 Å². The Balaban J connectivity index is 0.000000392. The number of aliphatic hydroxyl groups is 12. The number of rotatable bonds is 42. The minimum Gasteiger partial charge on any atom is -0.481 e. The van der Waals surface area contributed by atoms with Gasteiger partial charge in [-0.3, -0.25) is 38.1 Å². The van der Waals surface area contributed by atoms with E-state index in [9.17, 15) is 94.8 Å². The van der Waals surface area contributed by atoms with Crippen LogP contribution >= 0.6 is 0 Å². The lowest BCUT2D eigenvalue weighted by Gasteiger charge is -2.19. The van der Waals surface area contributed by atoms with Crippen molar-refractivity contribution in [2.45, 2.75) is 371 Å². The summed E-state index contributed by atoms with van der Waals surface area (Å²) < 4.78 is 40.1. The van der Waals surface area contributed by atoms with Gasteiger partial charge in [-0.1, -0.05) is 6.92 Å². The van der Waals surface area contributed by atoms with Gasteiger partial charge in [-0.05, 0) is 164 Å². The molecule has 37 N–H and O–H groups in total. The molecule has 7 aliphatic rings. The van der Waals surface area contributed by atoms with E-state index in [1.54, 1.807) is 27.7 Å². The molecule has 48 heteroatoms. The molecule has 7 saturated heterocycles. The van der Waals surface area contributed by atoms with Gasteiger partial charge in [0.05, 0.1) is 105 Å². The van der Waals surface area contributed by atoms with Gasteiger partial charge in [0.1, 0.15) is 144 Å². The third-order valence-electron chi connectivity index (χ3n) is 23.3. The van der Waals surface area contributed by atoms with Crippen LogP contribution in [0.3, 0.4) is 0 Å². The Morgan fingerprint density at radius 2 is 0.798 bits per heavy atom. The maximum atomic E-state index is 11.8. The first kappa shape index (κ1) is 118. The van der Waals surface area contributed by atoms with Crippen LogP contribution in [0.5, 0.6) is 0 Å². The van der Waals surface area contributed by atoms with Gasteiger partial charge in [0.15, 0.2) is 17.4 Å². The van der Waals surface area contributed by atoms with Crippen molar-refractivity contribution in [2.24, 2.45) is 57.5 Å². The summed E-state index contributed by atoms with van der Waals surface area (Å²) in [5.74, 6) is -1.37. The number of aliphatic carboxylic acids is 6. The molecular weight excluding hydrogens is 1760 g/mol. The van der Waals surface area contributed by atoms with Gasteiger partial charge in [-0.25, -0.2) is 9.97 Å². The Morgan fingerprint density at radius 3 is 1.16 bits per heavy atom. The second kappa shape index (κ2) is 59.2. The SMILES string of the molecule is CC1C[C@H](O)C(C[S+](C)CC[C@@H](N)C(=O)O)O1.CC1OC(C[C@H](C)CC[C@@H](N)C(=O)O)[C@@H](O)[C@H]1O.CC1OC(C[C@H](N)CCCC(=O)O)[C@@H](O)[C@H]1O.CC1OC(C[C@H](N)CCCN)[C@@H](O)[C@H]1O.CC1OC(C[C@H](N)CC[C@@H](N)C(=O)O)[C@@H](O)[C@H]1O.CC1OC(C[S+](C)CC[C@@H](N)C(=O)O)C[C@H]1O.C[S+](CC[C@@H](N)C(=O)O)CC1OC(n2cnc3c(=O)[nH]cnc32)[C@H](O)[C@@H]1O. The number of carboxylic acid groups (broad SMARTS) is 6. The Kier molecular flexibility index (Phi) is 54.3. The summed E-state index contributed by atoms with van der Waals surface area (Å²) in [5.41, 5.74) is 50.1. The van der Waals surface area contributed by atoms with Crippen LogP contribution < -0.4 is 57.2 Å². The average Bonchev–Trinajstić information content (AvgIpc) is 1.62. The van der Waals surface area contributed by atoms with E-state index >= 15 is 0 Å². The van der Waals surface area contributed by atoms with Gasteiger partial charge in [0.25, 0.3) is 5.56 Å². The molecule has 9 heterocycles. The third-order valence-corrected chi connectivity index (χ3v) is 28.9. The van der Waals surface area contributed by atoms with Gasteiger partial charge in [-0.2, -0.15) is 0 Å². The number of nitrogens with two attached hydrogens (primary N) is 9. The smallest absolute Gasteiger partial charge is 0.320 e. The summed E-state index contributed by atoms with van der Waals surface area (Å²) in [6, 6.07) is -4.78. The number of ether oxygens (including phenoxy) is 7. The number of aromatic nitrogens is 4. The standard InChI is InChI=1S/C15H21N5O6S.C12H23NO5.C11H22N2O5.C11H21NO5.2C11H21NO4S.C10H22N2O3/c1-27(3-2-7(16)15(24)25)4-8-10(21)11(22)14(26-8)20-6-19-9-12(20)17-5-18-13(9)23;1-6(3-4-8(13)12(16)17)5-9-11(15)10(14)7(2)18-9;1-5-9(14)10(15)8(18-5)4-6(12)2-3-7(13)11(16)17;1-6-10(15)11(16)8(17-6)5-7(12)3-2-4-9(13)14;1-7-10(13)5-8(16-7)6-17(2)4-3-9(12)11(14)15;1-7-5-9(13)10(16-7)6-17(2)4-3-8(12)11(14)15;1-6-9(13)10(14)8(15-6)5-7(12)3-2-4-11/h5-8,10-11,14,21-22H,2-4,16H2,1H3,(H-,17,18,23,24,25);6-11,14-15H,3-5,13H2,1-2H3,(H,16,17);5-10,14-15H,2-4,12-13H2,1H3,(H,16,17);6-8,10-11,15-16H,2-5,12H2,1H3,(H,13,14);2*7-10,13H,3-6,12H2,1-2H3;6-10,13-14H,2-5,11-12H2,1H3/p+3/t7-,8?,10-,11-,14?,27?;6-,7?,8-,9?,10+,11-;5?,6-,7-,8?,9+,10-;6?,7-,8?,10+,11-;7?,8?,9-,10-,17?;7?,8-,9+,10?,17?;6?,7-,8?,9+,10-/m1111111/s1. The molecular formula is C81H154N13O32S3+3. The molecule has 129 heavy (non-hydrogen) atoms. The van der Waals surface area contributed by atoms with Crippen molar-refractivity contribution in [1.29, 1.82) is 0 Å². The lowest BCUT2D eigenvalue weighted by atomic mass is 9.93. The van der Waals surface area contributed by atoms with Crippen LogP contribution in [-0.4, -0.2) is 408 Å². The predicted octanol–water partition coefficient (Wildman–Crippen LogP) is -6.52. The number of nitrogens with zero attached hydrogens (tertiary/aromatic N) is 3. The molecule has 17 unspecified atom stereocenters. The highest BCUT2D eigenvalue weighted by atomic mass is 32.2. The Bertz CT molecular complexity index is 3560. The normalized spacial score (nSPS) is 33.2. The fraction of sp³-hybridized carbons (Fsp3) is 0.864. The lowest BCUT2D eigenvalue weighted by Crippen LogP contribution is -2.37. The first-order valence-corrected chi connectivity index (χ1v) is 49.7. The van der Waals surface area contributed by atoms with Gasteiger partial charge in [0.2, 0.25) is 0 Å². The molecule has 0 spiro atoms. The van der Waals surface area contributed by atoms with Crippen LogP contribution in [0.25, 0.3) is 11.2 Å². The molecule has 750 valence electrons. The number of aromatic amines is 1. The topological polar surface area (TPSA) is 829 Å². The van der Waals surface area contributed by atoms with E-state index < -0.39 is 163 Å². The molecule has 38 atom stereocenters. The van der Waals surface area contributed by atoms with Crippen molar-refractivity contribution in [1.82, 2.24) is 19.5 Å². The van der Waals surface area contributed by atoms with E-state index in [1.165, 1.54) is 17.2 Å². The van der Waals surface area contributed by atoms with E-state index in [4.69, 9.17) is 115 Å². The van der Waals surface area contributed by atoms with E-state index in [0.717, 1.165) is 35.9 Å². The van der Waals surface area contributed by atoms with Gasteiger partial charge < -0.3 is 182 Å². The van der Waals surface area contributed by atoms with E-state index in [0.29, 0.717) is 108 Å². The number of carbonyl (C=O) groups is 6. The van der Waals surface area contributed by atoms with E-state index in [2.05, 4.69) is 27.5 Å². The molecule has 7 aliphatic heterocycles. The van der Waals surface area contributed by atoms with Crippen molar-refractivity contribution >= 4 is 79.7 Å². The van der Waals surface area contributed by atoms with Crippen LogP contribution in [0.1, 0.15) is 170 Å². The monoisotopic (exact) mass is 1920 g/mol. The molecule has 2 aromatic heterocycles. The zero-order valence-corrected chi connectivity index (χ0v) is 78.0. The van der Waals surface area contributed by atoms with Crippen LogP contribution in [0, 0.1) is 5.92 Å². The van der Waals surface area contributed by atoms with Crippen molar-refractivity contribution in [2.75, 3.05) is 59.8 Å². The molecule has 0 saturated carbocycles. The van der Waals surface area contributed by atoms with E-state index in [-0.39, 0.29) is 148 Å². The average molecular weight is 1920 g/mol. The van der Waals surface area contributed by atoms with Crippen LogP contribution in [-0.2, 0) is 94.6 Å². The molecule has 7 fully saturated rings. The number of imidazole rings is 1. The molecule has 45 nitrogen and oxygen atoms in total.